The molecule has 0 spiro atoms. The average molecular weight is 231 g/mol. The average Bonchev–Trinajstić information content (AvgIpc) is 2.30. The van der Waals surface area contributed by atoms with Crippen molar-refractivity contribution in [1.29, 1.82) is 0 Å². The molecule has 1 heteroatoms. The Morgan fingerprint density at radius 3 is 2.07 bits per heavy atom. The summed E-state index contributed by atoms with van der Waals surface area (Å²) < 4.78 is 0. The lowest BCUT2D eigenvalue weighted by Gasteiger charge is -2.27. The van der Waals surface area contributed by atoms with Crippen LogP contribution in [-0.4, -0.2) is 5.88 Å². The first kappa shape index (κ1) is 13.4. The van der Waals surface area contributed by atoms with Gasteiger partial charge in [0.05, 0.1) is 0 Å². The largest absolute Gasteiger partial charge is 0.126 e. The highest BCUT2D eigenvalue weighted by atomic mass is 35.5. The minimum absolute atomic E-state index is 0.836. The molecule has 1 rings (SSSR count). The van der Waals surface area contributed by atoms with Crippen molar-refractivity contribution in [3.8, 4) is 0 Å². The third kappa shape index (κ3) is 5.80. The van der Waals surface area contributed by atoms with Crippen LogP contribution in [0, 0.1) is 11.8 Å². The van der Waals surface area contributed by atoms with Crippen molar-refractivity contribution in [2.45, 2.75) is 71.1 Å². The third-order valence-electron chi connectivity index (χ3n) is 3.90. The zero-order chi connectivity index (χ0) is 10.9. The van der Waals surface area contributed by atoms with E-state index in [1.807, 2.05) is 0 Å². The van der Waals surface area contributed by atoms with Gasteiger partial charge in [0.25, 0.3) is 0 Å². The van der Waals surface area contributed by atoms with Crippen LogP contribution in [0.3, 0.4) is 0 Å². The molecule has 1 aliphatic carbocycles. The van der Waals surface area contributed by atoms with E-state index in [2.05, 4.69) is 6.92 Å². The van der Waals surface area contributed by atoms with Crippen LogP contribution in [0.5, 0.6) is 0 Å². The molecule has 0 aromatic carbocycles. The highest BCUT2D eigenvalue weighted by Crippen LogP contribution is 2.32. The lowest BCUT2D eigenvalue weighted by molar-refractivity contribution is 0.273. The second kappa shape index (κ2) is 8.44. The molecule has 0 aromatic heterocycles. The summed E-state index contributed by atoms with van der Waals surface area (Å²) in [7, 11) is 0. The van der Waals surface area contributed by atoms with E-state index in [0.717, 1.165) is 17.7 Å². The summed E-state index contributed by atoms with van der Waals surface area (Å²) in [6.45, 7) is 2.29. The monoisotopic (exact) mass is 230 g/mol. The first-order chi connectivity index (χ1) is 7.36. The Hall–Kier alpha value is 0.290. The molecule has 0 aliphatic heterocycles. The van der Waals surface area contributed by atoms with Gasteiger partial charge in [0.2, 0.25) is 0 Å². The van der Waals surface area contributed by atoms with E-state index < -0.39 is 0 Å². The molecule has 0 nitrogen and oxygen atoms in total. The maximum atomic E-state index is 5.89. The fourth-order valence-electron chi connectivity index (χ4n) is 2.71. The normalized spacial score (nSPS) is 26.8. The summed E-state index contributed by atoms with van der Waals surface area (Å²) in [6, 6.07) is 0. The highest BCUT2D eigenvalue weighted by Gasteiger charge is 2.19. The molecule has 1 saturated carbocycles. The molecule has 0 radical (unpaired) electrons. The van der Waals surface area contributed by atoms with Gasteiger partial charge in [-0.15, -0.1) is 11.6 Å². The van der Waals surface area contributed by atoms with Crippen LogP contribution in [0.2, 0.25) is 0 Å². The van der Waals surface area contributed by atoms with E-state index in [0.29, 0.717) is 0 Å². The molecular formula is C14H27Cl. The summed E-state index contributed by atoms with van der Waals surface area (Å²) in [4.78, 5) is 0. The predicted molar refractivity (Wildman–Crippen MR) is 69.5 cm³/mol. The highest BCUT2D eigenvalue weighted by molar-refractivity contribution is 6.18. The molecule has 90 valence electrons. The van der Waals surface area contributed by atoms with Crippen molar-refractivity contribution >= 4 is 11.6 Å². The van der Waals surface area contributed by atoms with Crippen molar-refractivity contribution in [2.75, 3.05) is 5.88 Å². The molecule has 0 atom stereocenters. The molecule has 0 N–H and O–H groups in total. The fourth-order valence-corrected chi connectivity index (χ4v) is 3.02. The lowest BCUT2D eigenvalue weighted by Crippen LogP contribution is -2.15. The van der Waals surface area contributed by atoms with Gasteiger partial charge in [-0.05, 0) is 24.7 Å². The van der Waals surface area contributed by atoms with E-state index in [4.69, 9.17) is 11.6 Å². The molecule has 0 aromatic rings. The number of halogens is 1. The molecule has 0 unspecified atom stereocenters. The smallest absolute Gasteiger partial charge is 0.0251 e. The standard InChI is InChI=1S/C14H27Cl/c1-2-3-4-5-6-7-13-8-10-14(12-15)11-9-13/h13-14H,2-12H2,1H3. The Labute approximate surface area is 101 Å². The molecule has 0 amide bonds. The summed E-state index contributed by atoms with van der Waals surface area (Å²) in [6.07, 6.45) is 14.3. The Balaban J connectivity index is 1.94. The first-order valence-electron chi connectivity index (χ1n) is 6.92. The van der Waals surface area contributed by atoms with Crippen LogP contribution in [0.25, 0.3) is 0 Å². The van der Waals surface area contributed by atoms with Crippen molar-refractivity contribution in [1.82, 2.24) is 0 Å². The zero-order valence-electron chi connectivity index (χ0n) is 10.3. The Bertz CT molecular complexity index is 136. The molecule has 0 saturated heterocycles. The van der Waals surface area contributed by atoms with Crippen LogP contribution in [0.15, 0.2) is 0 Å². The summed E-state index contributed by atoms with van der Waals surface area (Å²) in [5.41, 5.74) is 0. The van der Waals surface area contributed by atoms with E-state index in [9.17, 15) is 0 Å². The van der Waals surface area contributed by atoms with E-state index in [1.165, 1.54) is 64.2 Å². The quantitative estimate of drug-likeness (QED) is 0.406. The van der Waals surface area contributed by atoms with Gasteiger partial charge in [0.15, 0.2) is 0 Å². The van der Waals surface area contributed by atoms with Gasteiger partial charge >= 0.3 is 0 Å². The topological polar surface area (TPSA) is 0 Å². The van der Waals surface area contributed by atoms with Gasteiger partial charge in [0.1, 0.15) is 0 Å². The molecule has 0 bridgehead atoms. The minimum atomic E-state index is 0.836. The number of hydrogen-bond acceptors (Lipinski definition) is 0. The second-order valence-corrected chi connectivity index (χ2v) is 5.55. The van der Waals surface area contributed by atoms with Crippen molar-refractivity contribution < 1.29 is 0 Å². The Morgan fingerprint density at radius 1 is 0.867 bits per heavy atom. The van der Waals surface area contributed by atoms with E-state index >= 15 is 0 Å². The first-order valence-corrected chi connectivity index (χ1v) is 7.46. The maximum absolute atomic E-state index is 5.89. The SMILES string of the molecule is CCCCCCCC1CCC(CCl)CC1. The molecular weight excluding hydrogens is 204 g/mol. The van der Waals surface area contributed by atoms with Crippen LogP contribution in [-0.2, 0) is 0 Å². The van der Waals surface area contributed by atoms with Crippen LogP contribution >= 0.6 is 11.6 Å². The van der Waals surface area contributed by atoms with Crippen molar-refractivity contribution in [3.63, 3.8) is 0 Å². The molecule has 15 heavy (non-hydrogen) atoms. The van der Waals surface area contributed by atoms with Gasteiger partial charge in [-0.1, -0.05) is 58.3 Å². The zero-order valence-corrected chi connectivity index (χ0v) is 11.1. The Kier molecular flexibility index (Phi) is 7.52. The van der Waals surface area contributed by atoms with Crippen molar-refractivity contribution in [3.05, 3.63) is 0 Å². The maximum Gasteiger partial charge on any atom is 0.0251 e. The van der Waals surface area contributed by atoms with Gasteiger partial charge in [-0.2, -0.15) is 0 Å². The van der Waals surface area contributed by atoms with Gasteiger partial charge < -0.3 is 0 Å². The lowest BCUT2D eigenvalue weighted by atomic mass is 9.80. The summed E-state index contributed by atoms with van der Waals surface area (Å²) in [5.74, 6) is 2.76. The number of alkyl halides is 1. The van der Waals surface area contributed by atoms with Crippen LogP contribution in [0.4, 0.5) is 0 Å². The van der Waals surface area contributed by atoms with E-state index in [1.54, 1.807) is 0 Å². The molecule has 1 fully saturated rings. The van der Waals surface area contributed by atoms with Gasteiger partial charge in [-0.25, -0.2) is 0 Å². The van der Waals surface area contributed by atoms with Gasteiger partial charge in [0, 0.05) is 5.88 Å². The van der Waals surface area contributed by atoms with Gasteiger partial charge in [-0.3, -0.25) is 0 Å². The summed E-state index contributed by atoms with van der Waals surface area (Å²) in [5, 5.41) is 0. The Morgan fingerprint density at radius 2 is 1.47 bits per heavy atom. The third-order valence-corrected chi connectivity index (χ3v) is 4.34. The second-order valence-electron chi connectivity index (χ2n) is 5.24. The number of rotatable bonds is 7. The predicted octanol–water partition coefficient (Wildman–Crippen LogP) is 5.39. The minimum Gasteiger partial charge on any atom is -0.126 e. The van der Waals surface area contributed by atoms with Crippen LogP contribution in [0.1, 0.15) is 71.1 Å². The summed E-state index contributed by atoms with van der Waals surface area (Å²) >= 11 is 5.89. The fraction of sp³-hybridized carbons (Fsp3) is 1.00. The van der Waals surface area contributed by atoms with Crippen LogP contribution < -0.4 is 0 Å². The number of hydrogen-bond donors (Lipinski definition) is 0. The van der Waals surface area contributed by atoms with Crippen molar-refractivity contribution in [2.24, 2.45) is 11.8 Å². The van der Waals surface area contributed by atoms with E-state index in [-0.39, 0.29) is 0 Å². The molecule has 0 heterocycles. The number of unbranched alkanes of at least 4 members (excludes halogenated alkanes) is 4. The molecule has 1 aliphatic rings.